The van der Waals surface area contributed by atoms with Crippen molar-refractivity contribution in [2.75, 3.05) is 5.32 Å². The lowest BCUT2D eigenvalue weighted by molar-refractivity contribution is -0.151. The van der Waals surface area contributed by atoms with Gasteiger partial charge in [0.25, 0.3) is 0 Å². The van der Waals surface area contributed by atoms with Gasteiger partial charge in [-0.1, -0.05) is 89.6 Å². The maximum absolute atomic E-state index is 14.3. The van der Waals surface area contributed by atoms with Gasteiger partial charge in [0.2, 0.25) is 0 Å². The van der Waals surface area contributed by atoms with Crippen LogP contribution in [0.3, 0.4) is 0 Å². The SMILES string of the molecule is CC(OC(=O)Nc1c(-c2ccc(COC(Cc3ccccc3)C(=O)O)cc2)noc1F)c1ccccc1Cl. The largest absolute Gasteiger partial charge is 0.479 e. The van der Waals surface area contributed by atoms with Gasteiger partial charge in [0.05, 0.1) is 6.61 Å². The molecule has 0 bridgehead atoms. The van der Waals surface area contributed by atoms with E-state index in [1.54, 1.807) is 55.5 Å². The number of aromatic nitrogens is 1. The van der Waals surface area contributed by atoms with Gasteiger partial charge in [-0.15, -0.1) is 0 Å². The summed E-state index contributed by atoms with van der Waals surface area (Å²) in [5.74, 6) is -1.06. The summed E-state index contributed by atoms with van der Waals surface area (Å²) in [6.45, 7) is 1.69. The maximum Gasteiger partial charge on any atom is 0.412 e. The number of aliphatic carboxylic acids is 1. The van der Waals surface area contributed by atoms with Crippen LogP contribution in [0.2, 0.25) is 5.02 Å². The fraction of sp³-hybridized carbons (Fsp3) is 0.179. The summed E-state index contributed by atoms with van der Waals surface area (Å²) in [7, 11) is 0. The predicted molar refractivity (Wildman–Crippen MR) is 138 cm³/mol. The standard InChI is InChI=1S/C28H24ClFN2O6/c1-17(21-9-5-6-10-22(21)29)37-28(35)31-25-24(32-38-26(25)30)20-13-11-19(12-14-20)16-36-23(27(33)34)15-18-7-3-2-4-8-18/h2-14,17,23H,15-16H2,1H3,(H,31,35)(H,33,34). The molecule has 196 valence electrons. The van der Waals surface area contributed by atoms with Gasteiger partial charge in [0, 0.05) is 22.6 Å². The van der Waals surface area contributed by atoms with Crippen molar-refractivity contribution in [1.29, 1.82) is 0 Å². The summed E-state index contributed by atoms with van der Waals surface area (Å²) >= 11 is 6.15. The Morgan fingerprint density at radius 3 is 2.39 bits per heavy atom. The first-order valence-electron chi connectivity index (χ1n) is 11.7. The molecular formula is C28H24ClFN2O6. The second-order valence-corrected chi connectivity index (χ2v) is 8.81. The molecule has 0 aliphatic heterocycles. The average molecular weight is 539 g/mol. The van der Waals surface area contributed by atoms with Crippen LogP contribution in [0, 0.1) is 6.01 Å². The van der Waals surface area contributed by atoms with E-state index in [-0.39, 0.29) is 24.4 Å². The van der Waals surface area contributed by atoms with Crippen LogP contribution < -0.4 is 5.32 Å². The number of benzene rings is 3. The van der Waals surface area contributed by atoms with Gasteiger partial charge in [0.1, 0.15) is 17.5 Å². The number of hydrogen-bond acceptors (Lipinski definition) is 6. The van der Waals surface area contributed by atoms with Crippen LogP contribution in [0.4, 0.5) is 14.9 Å². The number of carboxylic acid groups (broad SMARTS) is 1. The topological polar surface area (TPSA) is 111 Å². The molecule has 2 unspecified atom stereocenters. The second kappa shape index (κ2) is 12.4. The molecule has 1 amide bonds. The van der Waals surface area contributed by atoms with Crippen LogP contribution in [0.5, 0.6) is 0 Å². The minimum atomic E-state index is -1.08. The number of ether oxygens (including phenoxy) is 2. The summed E-state index contributed by atoms with van der Waals surface area (Å²) in [5.41, 5.74) is 2.38. The van der Waals surface area contributed by atoms with Crippen molar-refractivity contribution < 1.29 is 33.1 Å². The van der Waals surface area contributed by atoms with Gasteiger partial charge < -0.3 is 19.1 Å². The van der Waals surface area contributed by atoms with E-state index in [9.17, 15) is 19.1 Å². The molecule has 3 aromatic carbocycles. The number of carboxylic acids is 1. The van der Waals surface area contributed by atoms with Crippen LogP contribution >= 0.6 is 11.6 Å². The molecule has 8 nitrogen and oxygen atoms in total. The van der Waals surface area contributed by atoms with Gasteiger partial charge in [-0.25, -0.2) is 9.59 Å². The van der Waals surface area contributed by atoms with E-state index < -0.39 is 30.3 Å². The summed E-state index contributed by atoms with van der Waals surface area (Å²) in [5, 5.41) is 16.0. The first-order valence-corrected chi connectivity index (χ1v) is 12.0. The number of nitrogens with one attached hydrogen (secondary N) is 1. The zero-order chi connectivity index (χ0) is 27.1. The minimum Gasteiger partial charge on any atom is -0.479 e. The first-order chi connectivity index (χ1) is 18.3. The van der Waals surface area contributed by atoms with E-state index in [2.05, 4.69) is 15.0 Å². The molecule has 4 aromatic rings. The Morgan fingerprint density at radius 2 is 1.71 bits per heavy atom. The molecule has 1 aromatic heterocycles. The minimum absolute atomic E-state index is 0.0502. The summed E-state index contributed by atoms with van der Waals surface area (Å²) in [6.07, 6.45) is -2.39. The first kappa shape index (κ1) is 26.8. The van der Waals surface area contributed by atoms with Crippen LogP contribution in [-0.4, -0.2) is 28.4 Å². The van der Waals surface area contributed by atoms with E-state index in [1.165, 1.54) is 0 Å². The van der Waals surface area contributed by atoms with Gasteiger partial charge in [-0.2, -0.15) is 4.39 Å². The second-order valence-electron chi connectivity index (χ2n) is 8.40. The lowest BCUT2D eigenvalue weighted by atomic mass is 10.1. The van der Waals surface area contributed by atoms with Crippen molar-refractivity contribution in [2.45, 2.75) is 32.2 Å². The van der Waals surface area contributed by atoms with Gasteiger partial charge in [-0.3, -0.25) is 5.32 Å². The summed E-state index contributed by atoms with van der Waals surface area (Å²) in [6, 6.07) is 21.7. The highest BCUT2D eigenvalue weighted by molar-refractivity contribution is 6.31. The third-order valence-electron chi connectivity index (χ3n) is 5.72. The van der Waals surface area contributed by atoms with E-state index in [4.69, 9.17) is 21.1 Å². The van der Waals surface area contributed by atoms with Gasteiger partial charge >= 0.3 is 18.1 Å². The quantitative estimate of drug-likeness (QED) is 0.232. The molecule has 38 heavy (non-hydrogen) atoms. The molecule has 4 rings (SSSR count). The Balaban J connectivity index is 1.40. The Morgan fingerprint density at radius 1 is 1.03 bits per heavy atom. The molecule has 1 heterocycles. The molecule has 2 N–H and O–H groups in total. The van der Waals surface area contributed by atoms with Crippen LogP contribution in [0.15, 0.2) is 83.4 Å². The molecule has 0 spiro atoms. The zero-order valence-electron chi connectivity index (χ0n) is 20.3. The van der Waals surface area contributed by atoms with Crippen LogP contribution in [0.1, 0.15) is 29.7 Å². The third-order valence-corrected chi connectivity index (χ3v) is 6.07. The molecule has 0 aliphatic rings. The fourth-order valence-electron chi connectivity index (χ4n) is 3.74. The van der Waals surface area contributed by atoms with Gasteiger partial charge in [0.15, 0.2) is 6.10 Å². The van der Waals surface area contributed by atoms with Crippen molar-refractivity contribution >= 4 is 29.4 Å². The number of nitrogens with zero attached hydrogens (tertiary/aromatic N) is 1. The van der Waals surface area contributed by atoms with Crippen molar-refractivity contribution in [1.82, 2.24) is 5.16 Å². The molecule has 0 saturated carbocycles. The molecule has 0 saturated heterocycles. The normalized spacial score (nSPS) is 12.5. The molecule has 0 fully saturated rings. The Bertz CT molecular complexity index is 1390. The lowest BCUT2D eigenvalue weighted by Crippen LogP contribution is -2.26. The highest BCUT2D eigenvalue weighted by Gasteiger charge is 2.23. The van der Waals surface area contributed by atoms with E-state index in [0.717, 1.165) is 5.56 Å². The smallest absolute Gasteiger partial charge is 0.412 e. The monoisotopic (exact) mass is 538 g/mol. The van der Waals surface area contributed by atoms with E-state index >= 15 is 0 Å². The number of anilines is 1. The van der Waals surface area contributed by atoms with Gasteiger partial charge in [-0.05, 0) is 24.1 Å². The number of carbonyl (C=O) groups excluding carboxylic acids is 1. The molecule has 0 radical (unpaired) electrons. The zero-order valence-corrected chi connectivity index (χ0v) is 21.0. The Labute approximate surface area is 222 Å². The molecule has 0 aliphatic carbocycles. The number of halogens is 2. The number of rotatable bonds is 10. The highest BCUT2D eigenvalue weighted by atomic mass is 35.5. The number of amides is 1. The third kappa shape index (κ3) is 6.76. The van der Waals surface area contributed by atoms with Crippen molar-refractivity contribution in [2.24, 2.45) is 0 Å². The van der Waals surface area contributed by atoms with Crippen LogP contribution in [0.25, 0.3) is 11.3 Å². The Hall–Kier alpha value is -4.21. The van der Waals surface area contributed by atoms with Crippen molar-refractivity contribution in [3.63, 3.8) is 0 Å². The summed E-state index contributed by atoms with van der Waals surface area (Å²) in [4.78, 5) is 24.1. The number of hydrogen-bond donors (Lipinski definition) is 2. The van der Waals surface area contributed by atoms with Crippen molar-refractivity contribution in [3.8, 4) is 11.3 Å². The highest BCUT2D eigenvalue weighted by Crippen LogP contribution is 2.31. The molecule has 10 heteroatoms. The average Bonchev–Trinajstić information content (AvgIpc) is 3.27. The van der Waals surface area contributed by atoms with Crippen LogP contribution in [-0.2, 0) is 27.3 Å². The van der Waals surface area contributed by atoms with E-state index in [0.29, 0.717) is 21.7 Å². The van der Waals surface area contributed by atoms with E-state index in [1.807, 2.05) is 30.3 Å². The predicted octanol–water partition coefficient (Wildman–Crippen LogP) is 6.66. The lowest BCUT2D eigenvalue weighted by Gasteiger charge is -2.15. The Kier molecular flexibility index (Phi) is 8.73. The molecular weight excluding hydrogens is 515 g/mol. The fourth-order valence-corrected chi connectivity index (χ4v) is 4.03. The number of carbonyl (C=O) groups is 2. The summed E-state index contributed by atoms with van der Waals surface area (Å²) < 4.78 is 29.9. The maximum atomic E-state index is 14.3. The van der Waals surface area contributed by atoms with Crippen molar-refractivity contribution in [3.05, 3.63) is 107 Å². The molecule has 2 atom stereocenters.